The van der Waals surface area contributed by atoms with Crippen molar-refractivity contribution < 1.29 is 14.5 Å². The second-order valence-electron chi connectivity index (χ2n) is 6.75. The van der Waals surface area contributed by atoms with E-state index in [4.69, 9.17) is 0 Å². The molecular weight excluding hydrogens is 394 g/mol. The number of anilines is 2. The molecule has 1 atom stereocenters. The van der Waals surface area contributed by atoms with Crippen molar-refractivity contribution in [3.8, 4) is 0 Å². The fraction of sp³-hybridized carbons (Fsp3) is 0.353. The number of hydrogen-bond donors (Lipinski definition) is 2. The quantitative estimate of drug-likeness (QED) is 0.454. The SMILES string of the molecule is Cc1nn(C(C)C(=O)Nc2cnn(C)c2C(=O)Nc2cnn(C)c2C)cc1[N+](=O)[O-]. The van der Waals surface area contributed by atoms with Crippen LogP contribution in [0.4, 0.5) is 17.1 Å². The molecule has 0 aliphatic rings. The maximum absolute atomic E-state index is 12.8. The summed E-state index contributed by atoms with van der Waals surface area (Å²) >= 11 is 0. The lowest BCUT2D eigenvalue weighted by Gasteiger charge is -2.13. The summed E-state index contributed by atoms with van der Waals surface area (Å²) in [5.41, 5.74) is 1.66. The number of carbonyl (C=O) groups excluding carboxylic acids is 2. The van der Waals surface area contributed by atoms with Crippen LogP contribution in [0.25, 0.3) is 0 Å². The van der Waals surface area contributed by atoms with Crippen LogP contribution in [0.15, 0.2) is 18.6 Å². The van der Waals surface area contributed by atoms with Gasteiger partial charge in [-0.1, -0.05) is 0 Å². The van der Waals surface area contributed by atoms with Gasteiger partial charge in [0.05, 0.1) is 34.4 Å². The molecule has 0 radical (unpaired) electrons. The molecule has 0 aliphatic carbocycles. The van der Waals surface area contributed by atoms with Crippen LogP contribution in [0, 0.1) is 24.0 Å². The number of nitrogens with zero attached hydrogens (tertiary/aromatic N) is 7. The normalized spacial score (nSPS) is 11.9. The number of carbonyl (C=O) groups is 2. The monoisotopic (exact) mass is 415 g/mol. The third kappa shape index (κ3) is 3.76. The van der Waals surface area contributed by atoms with Crippen molar-refractivity contribution in [2.75, 3.05) is 10.6 Å². The molecule has 3 rings (SSSR count). The number of nitrogens with one attached hydrogen (secondary N) is 2. The summed E-state index contributed by atoms with van der Waals surface area (Å²) in [5, 5.41) is 28.5. The van der Waals surface area contributed by atoms with Crippen molar-refractivity contribution >= 4 is 28.9 Å². The third-order valence-electron chi connectivity index (χ3n) is 4.76. The molecule has 0 saturated carbocycles. The Labute approximate surface area is 170 Å². The van der Waals surface area contributed by atoms with Crippen molar-refractivity contribution in [3.05, 3.63) is 45.8 Å². The number of rotatable bonds is 6. The highest BCUT2D eigenvalue weighted by molar-refractivity contribution is 6.09. The van der Waals surface area contributed by atoms with Crippen LogP contribution in [-0.2, 0) is 18.9 Å². The number of aryl methyl sites for hydroxylation is 3. The smallest absolute Gasteiger partial charge is 0.309 e. The molecule has 30 heavy (non-hydrogen) atoms. The van der Waals surface area contributed by atoms with E-state index in [2.05, 4.69) is 25.9 Å². The van der Waals surface area contributed by atoms with Crippen LogP contribution in [0.1, 0.15) is 34.8 Å². The zero-order chi connectivity index (χ0) is 22.2. The van der Waals surface area contributed by atoms with Gasteiger partial charge >= 0.3 is 5.69 Å². The summed E-state index contributed by atoms with van der Waals surface area (Å²) in [6.07, 6.45) is 4.07. The molecule has 0 spiro atoms. The second kappa shape index (κ2) is 7.77. The zero-order valence-corrected chi connectivity index (χ0v) is 17.1. The van der Waals surface area contributed by atoms with Gasteiger partial charge in [0, 0.05) is 14.1 Å². The van der Waals surface area contributed by atoms with Crippen molar-refractivity contribution in [2.45, 2.75) is 26.8 Å². The van der Waals surface area contributed by atoms with E-state index in [-0.39, 0.29) is 22.8 Å². The number of aromatic nitrogens is 6. The molecule has 0 aromatic carbocycles. The van der Waals surface area contributed by atoms with E-state index >= 15 is 0 Å². The molecule has 0 aliphatic heterocycles. The first-order chi connectivity index (χ1) is 14.1. The Kier molecular flexibility index (Phi) is 5.36. The fourth-order valence-corrected chi connectivity index (χ4v) is 2.81. The first-order valence-electron chi connectivity index (χ1n) is 8.93. The predicted molar refractivity (Wildman–Crippen MR) is 106 cm³/mol. The highest BCUT2D eigenvalue weighted by Crippen LogP contribution is 2.22. The van der Waals surface area contributed by atoms with E-state index in [0.717, 1.165) is 5.69 Å². The molecule has 3 aromatic rings. The van der Waals surface area contributed by atoms with Gasteiger partial charge in [0.15, 0.2) is 0 Å². The molecule has 0 fully saturated rings. The van der Waals surface area contributed by atoms with Gasteiger partial charge in [-0.15, -0.1) is 0 Å². The molecule has 2 amide bonds. The minimum atomic E-state index is -0.853. The van der Waals surface area contributed by atoms with Gasteiger partial charge < -0.3 is 10.6 Å². The standard InChI is InChI=1S/C17H21N9O4/c1-9-14(26(29)30)8-25(22-9)11(3)16(27)21-13-7-19-24(5)15(13)17(28)20-12-6-18-23(4)10(12)2/h6-8,11H,1-5H3,(H,20,28)(H,21,27). The van der Waals surface area contributed by atoms with Gasteiger partial charge in [-0.2, -0.15) is 15.3 Å². The minimum absolute atomic E-state index is 0.140. The Balaban J connectivity index is 1.79. The Morgan fingerprint density at radius 3 is 2.30 bits per heavy atom. The first-order valence-corrected chi connectivity index (χ1v) is 8.93. The van der Waals surface area contributed by atoms with E-state index in [0.29, 0.717) is 5.69 Å². The number of hydrogen-bond acceptors (Lipinski definition) is 7. The second-order valence-corrected chi connectivity index (χ2v) is 6.75. The summed E-state index contributed by atoms with van der Waals surface area (Å²) in [7, 11) is 3.33. The highest BCUT2D eigenvalue weighted by atomic mass is 16.6. The molecule has 0 bridgehead atoms. The summed E-state index contributed by atoms with van der Waals surface area (Å²) in [6, 6.07) is -0.853. The predicted octanol–water partition coefficient (Wildman–Crippen LogP) is 1.33. The van der Waals surface area contributed by atoms with Crippen LogP contribution in [0.5, 0.6) is 0 Å². The van der Waals surface area contributed by atoms with Gasteiger partial charge in [-0.25, -0.2) is 0 Å². The lowest BCUT2D eigenvalue weighted by Crippen LogP contribution is -2.26. The van der Waals surface area contributed by atoms with Crippen LogP contribution in [0.3, 0.4) is 0 Å². The molecule has 3 heterocycles. The average molecular weight is 415 g/mol. The number of amides is 2. The van der Waals surface area contributed by atoms with Gasteiger partial charge in [0.2, 0.25) is 5.91 Å². The Morgan fingerprint density at radius 2 is 1.73 bits per heavy atom. The largest absolute Gasteiger partial charge is 0.321 e. The Hall–Kier alpha value is -4.03. The van der Waals surface area contributed by atoms with E-state index < -0.39 is 22.8 Å². The van der Waals surface area contributed by atoms with E-state index in [1.165, 1.54) is 34.9 Å². The van der Waals surface area contributed by atoms with Crippen LogP contribution in [0.2, 0.25) is 0 Å². The van der Waals surface area contributed by atoms with Gasteiger partial charge in [-0.3, -0.25) is 33.7 Å². The number of nitro groups is 1. The van der Waals surface area contributed by atoms with E-state index in [9.17, 15) is 19.7 Å². The fourth-order valence-electron chi connectivity index (χ4n) is 2.81. The lowest BCUT2D eigenvalue weighted by molar-refractivity contribution is -0.385. The molecule has 1 unspecified atom stereocenters. The van der Waals surface area contributed by atoms with Gasteiger partial charge in [0.25, 0.3) is 5.91 Å². The molecule has 13 heteroatoms. The van der Waals surface area contributed by atoms with Gasteiger partial charge in [-0.05, 0) is 20.8 Å². The van der Waals surface area contributed by atoms with Crippen molar-refractivity contribution in [1.82, 2.24) is 29.3 Å². The Bertz CT molecular complexity index is 1140. The van der Waals surface area contributed by atoms with Crippen molar-refractivity contribution in [2.24, 2.45) is 14.1 Å². The van der Waals surface area contributed by atoms with Crippen LogP contribution >= 0.6 is 0 Å². The maximum Gasteiger partial charge on any atom is 0.309 e. The molecule has 3 aromatic heterocycles. The van der Waals surface area contributed by atoms with Crippen molar-refractivity contribution in [3.63, 3.8) is 0 Å². The summed E-state index contributed by atoms with van der Waals surface area (Å²) in [5.74, 6) is -0.980. The Morgan fingerprint density at radius 1 is 1.10 bits per heavy atom. The lowest BCUT2D eigenvalue weighted by atomic mass is 10.2. The maximum atomic E-state index is 12.8. The molecule has 158 valence electrons. The molecule has 2 N–H and O–H groups in total. The van der Waals surface area contributed by atoms with Crippen LogP contribution in [-0.4, -0.2) is 46.1 Å². The molecule has 13 nitrogen and oxygen atoms in total. The summed E-state index contributed by atoms with van der Waals surface area (Å²) in [6.45, 7) is 4.84. The first kappa shape index (κ1) is 20.7. The minimum Gasteiger partial charge on any atom is -0.321 e. The van der Waals surface area contributed by atoms with Gasteiger partial charge in [0.1, 0.15) is 23.6 Å². The van der Waals surface area contributed by atoms with Crippen molar-refractivity contribution in [1.29, 1.82) is 0 Å². The molecular formula is C17H21N9O4. The van der Waals surface area contributed by atoms with Crippen LogP contribution < -0.4 is 10.6 Å². The topological polar surface area (TPSA) is 155 Å². The highest BCUT2D eigenvalue weighted by Gasteiger charge is 2.25. The molecule has 0 saturated heterocycles. The van der Waals surface area contributed by atoms with E-state index in [1.807, 2.05) is 6.92 Å². The summed E-state index contributed by atoms with van der Waals surface area (Å²) in [4.78, 5) is 35.9. The van der Waals surface area contributed by atoms with E-state index in [1.54, 1.807) is 25.7 Å². The summed E-state index contributed by atoms with van der Waals surface area (Å²) < 4.78 is 4.16. The zero-order valence-electron chi connectivity index (χ0n) is 17.1. The average Bonchev–Trinajstić information content (AvgIpc) is 3.34. The third-order valence-corrected chi connectivity index (χ3v) is 4.76.